The van der Waals surface area contributed by atoms with Gasteiger partial charge in [-0.1, -0.05) is 30.3 Å². The van der Waals surface area contributed by atoms with E-state index in [1.54, 1.807) is 0 Å². The van der Waals surface area contributed by atoms with Crippen LogP contribution in [0.5, 0.6) is 0 Å². The molecule has 0 spiro atoms. The maximum atomic E-state index is 3.64. The molecule has 1 nitrogen and oxygen atoms in total. The first-order valence-corrected chi connectivity index (χ1v) is 5.71. The fourth-order valence-corrected chi connectivity index (χ4v) is 2.34. The third-order valence-corrected chi connectivity index (χ3v) is 3.48. The molecule has 3 rings (SSSR count). The number of hydrogen-bond acceptors (Lipinski definition) is 1. The second-order valence-electron chi connectivity index (χ2n) is 4.71. The van der Waals surface area contributed by atoms with E-state index in [0.29, 0.717) is 0 Å². The van der Waals surface area contributed by atoms with Crippen LogP contribution in [0.25, 0.3) is 0 Å². The van der Waals surface area contributed by atoms with Gasteiger partial charge in [-0.05, 0) is 36.7 Å². The lowest BCUT2D eigenvalue weighted by atomic mass is 10.2. The van der Waals surface area contributed by atoms with Gasteiger partial charge in [-0.15, -0.1) is 0 Å². The van der Waals surface area contributed by atoms with Crippen LogP contribution in [0.3, 0.4) is 0 Å². The van der Waals surface area contributed by atoms with Crippen molar-refractivity contribution in [1.29, 1.82) is 0 Å². The number of benzene rings is 1. The van der Waals surface area contributed by atoms with Crippen LogP contribution in [0.1, 0.15) is 24.8 Å². The van der Waals surface area contributed by atoms with E-state index in [9.17, 15) is 0 Å². The third-order valence-electron chi connectivity index (χ3n) is 3.48. The Balaban J connectivity index is 1.47. The topological polar surface area (TPSA) is 12.0 Å². The Kier molecular flexibility index (Phi) is 2.06. The average molecular weight is 187 g/mol. The minimum Gasteiger partial charge on any atom is -0.310 e. The molecule has 74 valence electrons. The van der Waals surface area contributed by atoms with Crippen molar-refractivity contribution in [3.8, 4) is 0 Å². The fraction of sp³-hybridized carbons (Fsp3) is 0.538. The molecule has 1 N–H and O–H groups in total. The third kappa shape index (κ3) is 1.83. The van der Waals surface area contributed by atoms with Crippen molar-refractivity contribution in [2.75, 3.05) is 0 Å². The second-order valence-corrected chi connectivity index (χ2v) is 4.71. The van der Waals surface area contributed by atoms with Crippen LogP contribution in [-0.4, -0.2) is 6.04 Å². The van der Waals surface area contributed by atoms with Gasteiger partial charge in [0, 0.05) is 12.6 Å². The molecular formula is C13H17N. The molecule has 1 aromatic carbocycles. The zero-order valence-corrected chi connectivity index (χ0v) is 8.45. The van der Waals surface area contributed by atoms with Crippen molar-refractivity contribution in [2.45, 2.75) is 31.8 Å². The van der Waals surface area contributed by atoms with Gasteiger partial charge >= 0.3 is 0 Å². The van der Waals surface area contributed by atoms with Gasteiger partial charge in [0.05, 0.1) is 0 Å². The van der Waals surface area contributed by atoms with Crippen molar-refractivity contribution in [1.82, 2.24) is 5.32 Å². The van der Waals surface area contributed by atoms with Crippen molar-refractivity contribution >= 4 is 0 Å². The molecule has 2 fully saturated rings. The fourth-order valence-electron chi connectivity index (χ4n) is 2.34. The molecule has 0 bridgehead atoms. The monoisotopic (exact) mass is 187 g/mol. The predicted molar refractivity (Wildman–Crippen MR) is 57.9 cm³/mol. The lowest BCUT2D eigenvalue weighted by Gasteiger charge is -2.03. The van der Waals surface area contributed by atoms with Gasteiger partial charge in [0.15, 0.2) is 0 Å². The van der Waals surface area contributed by atoms with E-state index >= 15 is 0 Å². The first-order chi connectivity index (χ1) is 6.93. The largest absolute Gasteiger partial charge is 0.310 e. The van der Waals surface area contributed by atoms with E-state index in [2.05, 4.69) is 35.6 Å². The minimum atomic E-state index is 0.836. The summed E-state index contributed by atoms with van der Waals surface area (Å²) in [6.45, 7) is 1.05. The summed E-state index contributed by atoms with van der Waals surface area (Å²) in [5.74, 6) is 2.11. The van der Waals surface area contributed by atoms with Gasteiger partial charge in [-0.25, -0.2) is 0 Å². The molecule has 0 amide bonds. The predicted octanol–water partition coefficient (Wildman–Crippen LogP) is 2.57. The summed E-state index contributed by atoms with van der Waals surface area (Å²) in [4.78, 5) is 0. The summed E-state index contributed by atoms with van der Waals surface area (Å²) in [5, 5.41) is 3.64. The van der Waals surface area contributed by atoms with E-state index < -0.39 is 0 Å². The van der Waals surface area contributed by atoms with Gasteiger partial charge in [0.1, 0.15) is 0 Å². The van der Waals surface area contributed by atoms with E-state index in [-0.39, 0.29) is 0 Å². The average Bonchev–Trinajstić information content (AvgIpc) is 3.09. The Morgan fingerprint density at radius 3 is 2.64 bits per heavy atom. The first kappa shape index (κ1) is 8.49. The Hall–Kier alpha value is -0.820. The van der Waals surface area contributed by atoms with Gasteiger partial charge in [-0.3, -0.25) is 0 Å². The maximum absolute atomic E-state index is 3.64. The summed E-state index contributed by atoms with van der Waals surface area (Å²) >= 11 is 0. The van der Waals surface area contributed by atoms with E-state index in [1.807, 2.05) is 0 Å². The van der Waals surface area contributed by atoms with Crippen LogP contribution in [0.15, 0.2) is 30.3 Å². The van der Waals surface area contributed by atoms with Crippen LogP contribution < -0.4 is 5.32 Å². The molecule has 0 aromatic heterocycles. The molecule has 0 saturated heterocycles. The molecular weight excluding hydrogens is 170 g/mol. The van der Waals surface area contributed by atoms with Gasteiger partial charge < -0.3 is 5.32 Å². The summed E-state index contributed by atoms with van der Waals surface area (Å²) in [7, 11) is 0. The maximum Gasteiger partial charge on any atom is 0.0208 e. The zero-order valence-electron chi connectivity index (χ0n) is 8.45. The highest BCUT2D eigenvalue weighted by atomic mass is 15.0. The Bertz CT molecular complexity index is 302. The van der Waals surface area contributed by atoms with Crippen molar-refractivity contribution in [3.05, 3.63) is 35.9 Å². The molecule has 14 heavy (non-hydrogen) atoms. The lowest BCUT2D eigenvalue weighted by molar-refractivity contribution is 0.594. The SMILES string of the molecule is c1ccc(CNC2CC2C2CC2)cc1. The van der Waals surface area contributed by atoms with E-state index in [4.69, 9.17) is 0 Å². The number of hydrogen-bond donors (Lipinski definition) is 1. The minimum absolute atomic E-state index is 0.836. The van der Waals surface area contributed by atoms with Crippen LogP contribution >= 0.6 is 0 Å². The molecule has 0 aliphatic heterocycles. The zero-order chi connectivity index (χ0) is 9.38. The second kappa shape index (κ2) is 3.39. The van der Waals surface area contributed by atoms with Gasteiger partial charge in [0.25, 0.3) is 0 Å². The molecule has 2 saturated carbocycles. The van der Waals surface area contributed by atoms with Gasteiger partial charge in [-0.2, -0.15) is 0 Å². The summed E-state index contributed by atoms with van der Waals surface area (Å²) in [6, 6.07) is 11.5. The highest BCUT2D eigenvalue weighted by Gasteiger charge is 2.46. The molecule has 1 heteroatoms. The van der Waals surface area contributed by atoms with Crippen molar-refractivity contribution < 1.29 is 0 Å². The van der Waals surface area contributed by atoms with Gasteiger partial charge in [0.2, 0.25) is 0 Å². The summed E-state index contributed by atoms with van der Waals surface area (Å²) in [6.07, 6.45) is 4.42. The van der Waals surface area contributed by atoms with E-state index in [0.717, 1.165) is 24.4 Å². The standard InChI is InChI=1S/C13H17N/c1-2-4-10(5-3-1)9-14-13-8-12(13)11-6-7-11/h1-5,11-14H,6-9H2. The van der Waals surface area contributed by atoms with Crippen molar-refractivity contribution in [2.24, 2.45) is 11.8 Å². The highest BCUT2D eigenvalue weighted by Crippen LogP contribution is 2.50. The number of nitrogens with one attached hydrogen (secondary N) is 1. The normalized spacial score (nSPS) is 30.3. The summed E-state index contributed by atoms with van der Waals surface area (Å²) in [5.41, 5.74) is 1.41. The molecule has 2 aliphatic carbocycles. The van der Waals surface area contributed by atoms with Crippen LogP contribution in [0.2, 0.25) is 0 Å². The Morgan fingerprint density at radius 2 is 1.93 bits per heavy atom. The molecule has 2 unspecified atom stereocenters. The molecule has 0 heterocycles. The quantitative estimate of drug-likeness (QED) is 0.764. The Labute approximate surface area is 85.5 Å². The smallest absolute Gasteiger partial charge is 0.0208 e. The highest BCUT2D eigenvalue weighted by molar-refractivity contribution is 5.15. The van der Waals surface area contributed by atoms with Crippen LogP contribution in [0.4, 0.5) is 0 Å². The molecule has 0 radical (unpaired) electrons. The molecule has 2 aliphatic rings. The molecule has 2 atom stereocenters. The first-order valence-electron chi connectivity index (χ1n) is 5.71. The van der Waals surface area contributed by atoms with E-state index in [1.165, 1.54) is 24.8 Å². The van der Waals surface area contributed by atoms with Crippen molar-refractivity contribution in [3.63, 3.8) is 0 Å². The van der Waals surface area contributed by atoms with Crippen LogP contribution in [0, 0.1) is 11.8 Å². The lowest BCUT2D eigenvalue weighted by Crippen LogP contribution is -2.17. The van der Waals surface area contributed by atoms with Crippen LogP contribution in [-0.2, 0) is 6.54 Å². The molecule has 1 aromatic rings. The number of rotatable bonds is 4. The Morgan fingerprint density at radius 1 is 1.14 bits per heavy atom. The summed E-state index contributed by atoms with van der Waals surface area (Å²) < 4.78 is 0.